The van der Waals surface area contributed by atoms with Crippen molar-refractivity contribution in [1.82, 2.24) is 14.5 Å². The van der Waals surface area contributed by atoms with Crippen molar-refractivity contribution in [1.29, 1.82) is 0 Å². The van der Waals surface area contributed by atoms with Crippen LogP contribution < -0.4 is 15.2 Å². The van der Waals surface area contributed by atoms with Crippen LogP contribution >= 0.6 is 22.6 Å². The molecule has 0 unspecified atom stereocenters. The summed E-state index contributed by atoms with van der Waals surface area (Å²) in [5.74, 6) is 1.69. The van der Waals surface area contributed by atoms with Crippen molar-refractivity contribution < 1.29 is 28.8 Å². The van der Waals surface area contributed by atoms with E-state index >= 15 is 0 Å². The second-order valence-electron chi connectivity index (χ2n) is 10.9. The summed E-state index contributed by atoms with van der Waals surface area (Å²) in [7, 11) is 8.36. The van der Waals surface area contributed by atoms with Gasteiger partial charge < -0.3 is 33.7 Å². The molecule has 0 amide bonds. The Morgan fingerprint density at radius 1 is 0.957 bits per heavy atom. The van der Waals surface area contributed by atoms with Gasteiger partial charge in [0.05, 0.1) is 30.7 Å². The van der Waals surface area contributed by atoms with Crippen LogP contribution in [0.4, 0.5) is 5.82 Å². The van der Waals surface area contributed by atoms with E-state index in [1.54, 1.807) is 31.7 Å². The number of hydrogen-bond acceptors (Lipinski definition) is 9. The minimum Gasteiger partial charge on any atom is -0.497 e. The van der Waals surface area contributed by atoms with Crippen LogP contribution in [0.15, 0.2) is 94.8 Å². The Balaban J connectivity index is 1.53. The van der Waals surface area contributed by atoms with Crippen molar-refractivity contribution >= 4 is 34.7 Å². The van der Waals surface area contributed by atoms with Crippen molar-refractivity contribution in [3.8, 4) is 11.5 Å². The predicted octanol–water partition coefficient (Wildman–Crippen LogP) is 4.37. The zero-order valence-corrected chi connectivity index (χ0v) is 28.4. The lowest BCUT2D eigenvalue weighted by atomic mass is 9.80. The summed E-state index contributed by atoms with van der Waals surface area (Å²) >= 11 is 2.07. The van der Waals surface area contributed by atoms with Crippen molar-refractivity contribution in [3.05, 3.63) is 116 Å². The van der Waals surface area contributed by atoms with E-state index in [1.807, 2.05) is 93.0 Å². The van der Waals surface area contributed by atoms with Gasteiger partial charge in [-0.05, 0) is 63.5 Å². The highest BCUT2D eigenvalue weighted by molar-refractivity contribution is 14.1. The summed E-state index contributed by atoms with van der Waals surface area (Å²) in [4.78, 5) is 23.3. The van der Waals surface area contributed by atoms with Crippen LogP contribution in [0, 0.1) is 3.57 Å². The van der Waals surface area contributed by atoms with Gasteiger partial charge in [0.25, 0.3) is 0 Å². The molecule has 4 atom stereocenters. The normalized spacial score (nSPS) is 19.8. The van der Waals surface area contributed by atoms with E-state index in [-0.39, 0.29) is 12.4 Å². The van der Waals surface area contributed by atoms with E-state index in [0.29, 0.717) is 15.1 Å². The summed E-state index contributed by atoms with van der Waals surface area (Å²) in [6.45, 7) is -0.0467. The van der Waals surface area contributed by atoms with Gasteiger partial charge in [-0.25, -0.2) is 9.79 Å². The number of aliphatic hydroxyl groups excluding tert-OH is 1. The highest BCUT2D eigenvalue weighted by Gasteiger charge is 2.48. The molecule has 12 heteroatoms. The molecular weight excluding hydrogens is 703 g/mol. The maximum Gasteiger partial charge on any atom is 0.351 e. The number of aliphatic hydroxyl groups is 1. The number of nitrogens with zero attached hydrogens (tertiary/aromatic N) is 4. The molecule has 1 saturated heterocycles. The third-order valence-electron chi connectivity index (χ3n) is 7.80. The first-order chi connectivity index (χ1) is 22.2. The van der Waals surface area contributed by atoms with Gasteiger partial charge in [-0.3, -0.25) is 4.57 Å². The minimum absolute atomic E-state index is 0.0467. The summed E-state index contributed by atoms with van der Waals surface area (Å²) < 4.78 is 31.8. The Hall–Kier alpha value is -3.82. The monoisotopic (exact) mass is 740 g/mol. The lowest BCUT2D eigenvalue weighted by molar-refractivity contribution is -0.0967. The molecule has 0 radical (unpaired) electrons. The van der Waals surface area contributed by atoms with E-state index in [1.165, 1.54) is 11.7 Å². The Kier molecular flexibility index (Phi) is 10.7. The van der Waals surface area contributed by atoms with Gasteiger partial charge in [0.15, 0.2) is 12.0 Å². The maximum atomic E-state index is 13.2. The predicted molar refractivity (Wildman–Crippen MR) is 182 cm³/mol. The third kappa shape index (κ3) is 6.81. The first-order valence-electron chi connectivity index (χ1n) is 14.6. The van der Waals surface area contributed by atoms with Crippen molar-refractivity contribution in [2.75, 3.05) is 42.0 Å². The Morgan fingerprint density at radius 3 is 2.04 bits per heavy atom. The number of rotatable bonds is 12. The maximum absolute atomic E-state index is 13.2. The van der Waals surface area contributed by atoms with E-state index in [4.69, 9.17) is 23.7 Å². The third-order valence-corrected chi connectivity index (χ3v) is 8.56. The summed E-state index contributed by atoms with van der Waals surface area (Å²) in [5.41, 5.74) is 0.828. The van der Waals surface area contributed by atoms with Crippen LogP contribution in [0.5, 0.6) is 11.5 Å². The Labute approximate surface area is 281 Å². The lowest BCUT2D eigenvalue weighted by Gasteiger charge is -2.37. The van der Waals surface area contributed by atoms with E-state index in [0.717, 1.165) is 16.7 Å². The lowest BCUT2D eigenvalue weighted by Crippen LogP contribution is -2.40. The van der Waals surface area contributed by atoms with Crippen LogP contribution in [0.3, 0.4) is 0 Å². The van der Waals surface area contributed by atoms with Gasteiger partial charge in [-0.1, -0.05) is 54.6 Å². The first kappa shape index (κ1) is 33.5. The van der Waals surface area contributed by atoms with Crippen LogP contribution in [0.2, 0.25) is 0 Å². The second-order valence-corrected chi connectivity index (χ2v) is 12.0. The molecule has 1 fully saturated rings. The fourth-order valence-corrected chi connectivity index (χ4v) is 6.06. The fraction of sp³-hybridized carbons (Fsp3) is 0.324. The average molecular weight is 741 g/mol. The van der Waals surface area contributed by atoms with Crippen LogP contribution in [-0.2, 0) is 19.8 Å². The number of ether oxygens (including phenoxy) is 5. The van der Waals surface area contributed by atoms with Crippen molar-refractivity contribution in [2.45, 2.75) is 30.1 Å². The number of halogens is 1. The van der Waals surface area contributed by atoms with E-state index in [9.17, 15) is 9.90 Å². The highest BCUT2D eigenvalue weighted by atomic mass is 127. The zero-order chi connectivity index (χ0) is 32.8. The van der Waals surface area contributed by atoms with Gasteiger partial charge in [0, 0.05) is 27.4 Å². The van der Waals surface area contributed by atoms with Crippen LogP contribution in [0.1, 0.15) is 22.9 Å². The van der Waals surface area contributed by atoms with Gasteiger partial charge in [0.1, 0.15) is 35.4 Å². The minimum atomic E-state index is -1.12. The molecule has 0 saturated carbocycles. The standard InChI is InChI=1S/C34H37IN4O7/c1-38(2)21-36-31-27(35)19-39(33(41)37-31)32-30(44-5)29(40)28(46-32)20-45-34(22-9-7-6-8-10-22,23-11-15-25(42-3)16-12-23)24-13-17-26(43-4)18-14-24/h6-19,21,28-30,32,40H,20H2,1-5H3/t28-,29-,30-,32-/m1/s1. The van der Waals surface area contributed by atoms with Gasteiger partial charge in [0.2, 0.25) is 0 Å². The molecule has 0 aliphatic carbocycles. The van der Waals surface area contributed by atoms with Crippen molar-refractivity contribution in [3.63, 3.8) is 0 Å². The number of methoxy groups -OCH3 is 3. The fourth-order valence-electron chi connectivity index (χ4n) is 5.50. The molecular formula is C34H37IN4O7. The molecule has 242 valence electrons. The largest absolute Gasteiger partial charge is 0.497 e. The van der Waals surface area contributed by atoms with Crippen molar-refractivity contribution in [2.24, 2.45) is 4.99 Å². The average Bonchev–Trinajstić information content (AvgIpc) is 3.40. The molecule has 0 bridgehead atoms. The van der Waals surface area contributed by atoms with E-state index < -0.39 is 35.8 Å². The molecule has 1 aliphatic heterocycles. The first-order valence-corrected chi connectivity index (χ1v) is 15.6. The number of benzene rings is 3. The smallest absolute Gasteiger partial charge is 0.351 e. The van der Waals surface area contributed by atoms with Gasteiger partial charge >= 0.3 is 5.69 Å². The number of aromatic nitrogens is 2. The van der Waals surface area contributed by atoms with E-state index in [2.05, 4.69) is 32.6 Å². The van der Waals surface area contributed by atoms with Gasteiger partial charge in [-0.15, -0.1) is 0 Å². The Morgan fingerprint density at radius 2 is 1.52 bits per heavy atom. The molecule has 4 aromatic rings. The molecule has 1 aromatic heterocycles. The molecule has 1 N–H and O–H groups in total. The highest BCUT2D eigenvalue weighted by Crippen LogP contribution is 2.43. The molecule has 5 rings (SSSR count). The SMILES string of the molecule is COc1ccc(C(OC[C@H]2O[C@@H](n3cc(I)c(N=CN(C)C)nc3=O)[C@H](OC)[C@@H]2O)(c2ccccc2)c2ccc(OC)cc2)cc1. The number of aliphatic imine (C=N–C) groups is 1. The molecule has 46 heavy (non-hydrogen) atoms. The summed E-state index contributed by atoms with van der Waals surface area (Å²) in [6.07, 6.45) is -0.625. The summed E-state index contributed by atoms with van der Waals surface area (Å²) in [5, 5.41) is 11.5. The zero-order valence-electron chi connectivity index (χ0n) is 26.2. The molecule has 2 heterocycles. The molecule has 11 nitrogen and oxygen atoms in total. The quantitative estimate of drug-likeness (QED) is 0.0979. The Bertz CT molecular complexity index is 1630. The number of hydrogen-bond donors (Lipinski definition) is 1. The molecule has 1 aliphatic rings. The molecule has 0 spiro atoms. The van der Waals surface area contributed by atoms with Crippen LogP contribution in [0.25, 0.3) is 0 Å². The van der Waals surface area contributed by atoms with Crippen LogP contribution in [-0.4, -0.2) is 86.2 Å². The topological polar surface area (TPSA) is 117 Å². The molecule has 3 aromatic carbocycles. The van der Waals surface area contributed by atoms with Gasteiger partial charge in [-0.2, -0.15) is 4.98 Å². The second kappa shape index (κ2) is 14.7. The summed E-state index contributed by atoms with van der Waals surface area (Å²) in [6, 6.07) is 25.2.